The molecule has 2 nitrogen and oxygen atoms in total. The molecule has 114 valence electrons. The normalized spacial score (nSPS) is 13.4. The minimum atomic E-state index is -4.15. The first-order chi connectivity index (χ1) is 9.88. The van der Waals surface area contributed by atoms with E-state index in [9.17, 15) is 13.2 Å². The van der Waals surface area contributed by atoms with Crippen LogP contribution < -0.4 is 10.5 Å². The number of hydrogen-bond acceptors (Lipinski definition) is 2. The van der Waals surface area contributed by atoms with Crippen LogP contribution in [0.25, 0.3) is 10.8 Å². The number of nitrogens with two attached hydrogens (primary N) is 1. The molecule has 0 aromatic heterocycles. The van der Waals surface area contributed by atoms with E-state index in [1.165, 1.54) is 0 Å². The molecule has 0 aliphatic rings. The van der Waals surface area contributed by atoms with Crippen molar-refractivity contribution in [2.45, 2.75) is 32.0 Å². The van der Waals surface area contributed by atoms with Gasteiger partial charge in [-0.15, -0.1) is 0 Å². The highest BCUT2D eigenvalue weighted by atomic mass is 19.4. The molecule has 0 unspecified atom stereocenters. The lowest BCUT2D eigenvalue weighted by molar-refractivity contribution is -0.136. The molecule has 2 rings (SSSR count). The second-order valence-electron chi connectivity index (χ2n) is 5.06. The van der Waals surface area contributed by atoms with Gasteiger partial charge in [0.2, 0.25) is 0 Å². The summed E-state index contributed by atoms with van der Waals surface area (Å²) in [5.41, 5.74) is 6.73. The van der Waals surface area contributed by atoms with Crippen LogP contribution in [0.3, 0.4) is 0 Å². The average molecular weight is 297 g/mol. The third-order valence-corrected chi connectivity index (χ3v) is 3.25. The highest BCUT2D eigenvalue weighted by Gasteiger charge is 2.26. The Balaban J connectivity index is 2.21. The Morgan fingerprint density at radius 1 is 1.14 bits per heavy atom. The van der Waals surface area contributed by atoms with Crippen molar-refractivity contribution in [1.82, 2.24) is 0 Å². The largest absolute Gasteiger partial charge is 0.493 e. The van der Waals surface area contributed by atoms with Crippen molar-refractivity contribution in [3.05, 3.63) is 42.0 Å². The molecule has 2 aromatic rings. The predicted octanol–water partition coefficient (Wildman–Crippen LogP) is 4.58. The van der Waals surface area contributed by atoms with Gasteiger partial charge >= 0.3 is 6.18 Å². The third-order valence-electron chi connectivity index (χ3n) is 3.25. The fourth-order valence-electron chi connectivity index (χ4n) is 2.23. The van der Waals surface area contributed by atoms with Gasteiger partial charge in [-0.3, -0.25) is 0 Å². The first-order valence-electron chi connectivity index (χ1n) is 6.85. The van der Waals surface area contributed by atoms with E-state index in [-0.39, 0.29) is 19.1 Å². The molecule has 1 atom stereocenters. The minimum Gasteiger partial charge on any atom is -0.493 e. The number of halogens is 3. The maximum atomic E-state index is 12.2. The molecular formula is C16H18F3NO. The van der Waals surface area contributed by atoms with Crippen molar-refractivity contribution >= 4 is 10.8 Å². The smallest absolute Gasteiger partial charge is 0.389 e. The standard InChI is InChI=1S/C16H18F3NO/c1-11(20)13-8-7-12-5-2-3-6-14(12)15(13)21-10-4-9-16(17,18)19/h2-3,5-8,11H,4,9-10,20H2,1H3/t11-/m1/s1. The van der Waals surface area contributed by atoms with Gasteiger partial charge < -0.3 is 10.5 Å². The maximum absolute atomic E-state index is 12.2. The van der Waals surface area contributed by atoms with Gasteiger partial charge in [-0.05, 0) is 18.7 Å². The Morgan fingerprint density at radius 2 is 1.86 bits per heavy atom. The molecule has 2 N–H and O–H groups in total. The zero-order chi connectivity index (χ0) is 15.5. The Bertz CT molecular complexity index is 608. The Morgan fingerprint density at radius 3 is 2.52 bits per heavy atom. The summed E-state index contributed by atoms with van der Waals surface area (Å²) >= 11 is 0. The van der Waals surface area contributed by atoms with Gasteiger partial charge in [0.15, 0.2) is 0 Å². The molecule has 0 radical (unpaired) electrons. The number of benzene rings is 2. The second-order valence-corrected chi connectivity index (χ2v) is 5.06. The summed E-state index contributed by atoms with van der Waals surface area (Å²) in [7, 11) is 0. The topological polar surface area (TPSA) is 35.2 Å². The zero-order valence-corrected chi connectivity index (χ0v) is 11.8. The number of hydrogen-bond donors (Lipinski definition) is 1. The lowest BCUT2D eigenvalue weighted by atomic mass is 10.0. The third kappa shape index (κ3) is 4.11. The van der Waals surface area contributed by atoms with Crippen molar-refractivity contribution in [3.8, 4) is 5.75 Å². The van der Waals surface area contributed by atoms with Gasteiger partial charge in [-0.1, -0.05) is 36.4 Å². The lowest BCUT2D eigenvalue weighted by Gasteiger charge is -2.17. The molecular weight excluding hydrogens is 279 g/mol. The molecule has 0 saturated heterocycles. The van der Waals surface area contributed by atoms with E-state index in [1.54, 1.807) is 0 Å². The highest BCUT2D eigenvalue weighted by Crippen LogP contribution is 2.33. The van der Waals surface area contributed by atoms with E-state index in [4.69, 9.17) is 10.5 Å². The van der Waals surface area contributed by atoms with E-state index in [2.05, 4.69) is 0 Å². The van der Waals surface area contributed by atoms with Gasteiger partial charge in [0.25, 0.3) is 0 Å². The number of rotatable bonds is 5. The SMILES string of the molecule is C[C@@H](N)c1ccc2ccccc2c1OCCCC(F)(F)F. The number of ether oxygens (including phenoxy) is 1. The molecule has 0 saturated carbocycles. The number of fused-ring (bicyclic) bond motifs is 1. The van der Waals surface area contributed by atoms with Crippen LogP contribution in [-0.2, 0) is 0 Å². The Labute approximate surface area is 121 Å². The molecule has 0 aliphatic carbocycles. The summed E-state index contributed by atoms with van der Waals surface area (Å²) in [5.74, 6) is 0.588. The molecule has 5 heteroatoms. The highest BCUT2D eigenvalue weighted by molar-refractivity contribution is 5.89. The van der Waals surface area contributed by atoms with Crippen LogP contribution in [-0.4, -0.2) is 12.8 Å². The second kappa shape index (κ2) is 6.35. The molecule has 2 aromatic carbocycles. The van der Waals surface area contributed by atoms with E-state index in [0.717, 1.165) is 16.3 Å². The lowest BCUT2D eigenvalue weighted by Crippen LogP contribution is -2.12. The van der Waals surface area contributed by atoms with Crippen LogP contribution in [0.2, 0.25) is 0 Å². The Kier molecular flexibility index (Phi) is 4.73. The molecule has 0 heterocycles. The minimum absolute atomic E-state index is 0.0211. The Hall–Kier alpha value is -1.75. The molecule has 0 spiro atoms. The first kappa shape index (κ1) is 15.6. The fourth-order valence-corrected chi connectivity index (χ4v) is 2.23. The van der Waals surface area contributed by atoms with Gasteiger partial charge in [0.1, 0.15) is 5.75 Å². The summed E-state index contributed by atoms with van der Waals surface area (Å²) in [4.78, 5) is 0. The zero-order valence-electron chi connectivity index (χ0n) is 11.8. The molecule has 0 bridgehead atoms. The van der Waals surface area contributed by atoms with Crippen molar-refractivity contribution in [2.75, 3.05) is 6.61 Å². The van der Waals surface area contributed by atoms with Crippen LogP contribution >= 0.6 is 0 Å². The van der Waals surface area contributed by atoms with E-state index < -0.39 is 12.6 Å². The van der Waals surface area contributed by atoms with Crippen molar-refractivity contribution < 1.29 is 17.9 Å². The summed E-state index contributed by atoms with van der Waals surface area (Å²) < 4.78 is 42.1. The first-order valence-corrected chi connectivity index (χ1v) is 6.85. The van der Waals surface area contributed by atoms with Gasteiger partial charge in [0, 0.05) is 23.4 Å². The summed E-state index contributed by atoms with van der Waals surface area (Å²) in [6.07, 6.45) is -5.05. The summed E-state index contributed by atoms with van der Waals surface area (Å²) in [5, 5.41) is 1.85. The van der Waals surface area contributed by atoms with E-state index in [1.807, 2.05) is 43.3 Å². The van der Waals surface area contributed by atoms with E-state index >= 15 is 0 Å². The van der Waals surface area contributed by atoms with Crippen molar-refractivity contribution in [3.63, 3.8) is 0 Å². The van der Waals surface area contributed by atoms with Crippen molar-refractivity contribution in [1.29, 1.82) is 0 Å². The average Bonchev–Trinajstić information content (AvgIpc) is 2.42. The fraction of sp³-hybridized carbons (Fsp3) is 0.375. The van der Waals surface area contributed by atoms with Crippen LogP contribution in [0.5, 0.6) is 5.75 Å². The van der Waals surface area contributed by atoms with Gasteiger partial charge in [0.05, 0.1) is 6.61 Å². The van der Waals surface area contributed by atoms with Crippen LogP contribution in [0, 0.1) is 0 Å². The molecule has 0 aliphatic heterocycles. The van der Waals surface area contributed by atoms with Crippen LogP contribution in [0.4, 0.5) is 13.2 Å². The summed E-state index contributed by atoms with van der Waals surface area (Å²) in [6.45, 7) is 1.85. The van der Waals surface area contributed by atoms with Crippen LogP contribution in [0.15, 0.2) is 36.4 Å². The molecule has 0 amide bonds. The molecule has 21 heavy (non-hydrogen) atoms. The summed E-state index contributed by atoms with van der Waals surface area (Å²) in [6, 6.07) is 11.2. The maximum Gasteiger partial charge on any atom is 0.389 e. The monoisotopic (exact) mass is 297 g/mol. The van der Waals surface area contributed by atoms with E-state index in [0.29, 0.717) is 5.75 Å². The van der Waals surface area contributed by atoms with Crippen molar-refractivity contribution in [2.24, 2.45) is 5.73 Å². The molecule has 0 fully saturated rings. The van der Waals surface area contributed by atoms with Gasteiger partial charge in [-0.2, -0.15) is 13.2 Å². The van der Waals surface area contributed by atoms with Crippen LogP contribution in [0.1, 0.15) is 31.4 Å². The quantitative estimate of drug-likeness (QED) is 0.820. The predicted molar refractivity (Wildman–Crippen MR) is 77.3 cm³/mol. The number of alkyl halides is 3. The van der Waals surface area contributed by atoms with Gasteiger partial charge in [-0.25, -0.2) is 0 Å².